The smallest absolute Gasteiger partial charge is 0.410 e. The van der Waals surface area contributed by atoms with Crippen LogP contribution in [0.15, 0.2) is 27.8 Å². The molecule has 0 aromatic carbocycles. The number of amides is 1. The number of rotatable bonds is 6. The molecule has 0 radical (unpaired) electrons. The van der Waals surface area contributed by atoms with Crippen LogP contribution in [0.2, 0.25) is 0 Å². The maximum Gasteiger partial charge on any atom is 0.410 e. The minimum atomic E-state index is -0.486. The third-order valence-electron chi connectivity index (χ3n) is 4.81. The molecular weight excluding hydrogens is 358 g/mol. The lowest BCUT2D eigenvalue weighted by atomic mass is 10.2. The molecule has 28 heavy (non-hydrogen) atoms. The van der Waals surface area contributed by atoms with E-state index in [9.17, 15) is 4.79 Å². The maximum absolute atomic E-state index is 12.2. The van der Waals surface area contributed by atoms with Crippen molar-refractivity contribution >= 4 is 12.1 Å². The number of nitrogens with two attached hydrogens (primary N) is 1. The standard InChI is InChI=1S/C20H35N5O3/c1-6-23(7-2)16(17-9-8-14-27-17)15-22-18(21)24-10-12-25(13-11-24)19(26)28-20(3,4)5/h8-9,14,16H,6-7,10-13,15H2,1-5H3,(H2,21,22). The van der Waals surface area contributed by atoms with E-state index in [-0.39, 0.29) is 12.1 Å². The minimum absolute atomic E-state index is 0.0617. The predicted octanol–water partition coefficient (Wildman–Crippen LogP) is 2.53. The number of carbonyl (C=O) groups excluding carboxylic acids is 1. The molecule has 1 aliphatic rings. The summed E-state index contributed by atoms with van der Waals surface area (Å²) in [7, 11) is 0. The topological polar surface area (TPSA) is 87.5 Å². The van der Waals surface area contributed by atoms with Gasteiger partial charge in [-0.25, -0.2) is 4.79 Å². The van der Waals surface area contributed by atoms with E-state index in [1.807, 2.05) is 37.8 Å². The first-order chi connectivity index (χ1) is 13.2. The number of aliphatic imine (C=N–C) groups is 1. The van der Waals surface area contributed by atoms with Gasteiger partial charge < -0.3 is 24.7 Å². The van der Waals surface area contributed by atoms with Crippen LogP contribution in [0.5, 0.6) is 0 Å². The molecule has 1 aromatic heterocycles. The largest absolute Gasteiger partial charge is 0.468 e. The second kappa shape index (κ2) is 9.82. The molecule has 8 nitrogen and oxygen atoms in total. The summed E-state index contributed by atoms with van der Waals surface area (Å²) in [6.07, 6.45) is 1.41. The van der Waals surface area contributed by atoms with Crippen LogP contribution < -0.4 is 5.73 Å². The molecule has 0 spiro atoms. The van der Waals surface area contributed by atoms with Crippen molar-refractivity contribution in [2.75, 3.05) is 45.8 Å². The Labute approximate surface area is 168 Å². The normalized spacial score (nSPS) is 17.1. The van der Waals surface area contributed by atoms with Crippen molar-refractivity contribution in [3.05, 3.63) is 24.2 Å². The highest BCUT2D eigenvalue weighted by Gasteiger charge is 2.27. The number of hydrogen-bond donors (Lipinski definition) is 1. The Morgan fingerprint density at radius 3 is 2.36 bits per heavy atom. The number of carbonyl (C=O) groups is 1. The van der Waals surface area contributed by atoms with E-state index in [2.05, 4.69) is 23.7 Å². The van der Waals surface area contributed by atoms with Gasteiger partial charge in [0.05, 0.1) is 18.8 Å². The monoisotopic (exact) mass is 393 g/mol. The first-order valence-electron chi connectivity index (χ1n) is 10.0. The van der Waals surface area contributed by atoms with Crippen LogP contribution in [-0.4, -0.2) is 78.2 Å². The van der Waals surface area contributed by atoms with Gasteiger partial charge in [0.2, 0.25) is 0 Å². The molecule has 8 heteroatoms. The zero-order valence-electron chi connectivity index (χ0n) is 17.9. The molecule has 2 heterocycles. The van der Waals surface area contributed by atoms with Gasteiger partial charge in [0, 0.05) is 26.2 Å². The zero-order valence-corrected chi connectivity index (χ0v) is 17.9. The van der Waals surface area contributed by atoms with Crippen LogP contribution in [0.3, 0.4) is 0 Å². The minimum Gasteiger partial charge on any atom is -0.468 e. The highest BCUT2D eigenvalue weighted by molar-refractivity contribution is 5.78. The molecule has 0 aliphatic carbocycles. The summed E-state index contributed by atoms with van der Waals surface area (Å²) in [5, 5.41) is 0. The van der Waals surface area contributed by atoms with E-state index in [4.69, 9.17) is 14.9 Å². The molecule has 1 aliphatic heterocycles. The highest BCUT2D eigenvalue weighted by Crippen LogP contribution is 2.21. The second-order valence-corrected chi connectivity index (χ2v) is 7.91. The van der Waals surface area contributed by atoms with Crippen molar-refractivity contribution in [2.45, 2.75) is 46.3 Å². The lowest BCUT2D eigenvalue weighted by Gasteiger charge is -2.36. The van der Waals surface area contributed by atoms with Gasteiger partial charge in [-0.1, -0.05) is 13.8 Å². The van der Waals surface area contributed by atoms with Crippen LogP contribution in [0.25, 0.3) is 0 Å². The van der Waals surface area contributed by atoms with Gasteiger partial charge in [0.1, 0.15) is 11.4 Å². The van der Waals surface area contributed by atoms with Crippen LogP contribution >= 0.6 is 0 Å². The zero-order chi connectivity index (χ0) is 20.7. The predicted molar refractivity (Wildman–Crippen MR) is 110 cm³/mol. The van der Waals surface area contributed by atoms with Crippen molar-refractivity contribution < 1.29 is 13.9 Å². The average molecular weight is 394 g/mol. The summed E-state index contributed by atoms with van der Waals surface area (Å²) in [6, 6.07) is 3.94. The van der Waals surface area contributed by atoms with Crippen molar-refractivity contribution in [2.24, 2.45) is 10.7 Å². The fourth-order valence-electron chi connectivity index (χ4n) is 3.26. The average Bonchev–Trinajstić information content (AvgIpc) is 3.18. The molecule has 0 bridgehead atoms. The number of hydrogen-bond acceptors (Lipinski definition) is 5. The van der Waals surface area contributed by atoms with Crippen molar-refractivity contribution in [1.29, 1.82) is 0 Å². The molecule has 1 unspecified atom stereocenters. The Kier molecular flexibility index (Phi) is 7.74. The summed E-state index contributed by atoms with van der Waals surface area (Å²) in [6.45, 7) is 14.7. The Hall–Kier alpha value is -2.22. The van der Waals surface area contributed by atoms with Gasteiger partial charge in [-0.15, -0.1) is 0 Å². The van der Waals surface area contributed by atoms with Crippen LogP contribution in [-0.2, 0) is 4.74 Å². The molecule has 1 aromatic rings. The molecule has 158 valence electrons. The lowest BCUT2D eigenvalue weighted by molar-refractivity contribution is 0.0186. The Morgan fingerprint density at radius 1 is 1.25 bits per heavy atom. The summed E-state index contributed by atoms with van der Waals surface area (Å²) in [5.74, 6) is 1.41. The number of likely N-dealkylation sites (N-methyl/N-ethyl adjacent to an activating group) is 1. The van der Waals surface area contributed by atoms with Gasteiger partial charge in [0.25, 0.3) is 0 Å². The molecule has 1 atom stereocenters. The molecule has 0 saturated carbocycles. The van der Waals surface area contributed by atoms with Gasteiger partial charge in [-0.3, -0.25) is 9.89 Å². The van der Waals surface area contributed by atoms with Crippen LogP contribution in [0.1, 0.15) is 46.4 Å². The van der Waals surface area contributed by atoms with E-state index in [0.717, 1.165) is 18.8 Å². The van der Waals surface area contributed by atoms with Gasteiger partial charge in [0.15, 0.2) is 5.96 Å². The van der Waals surface area contributed by atoms with Gasteiger partial charge in [-0.2, -0.15) is 0 Å². The van der Waals surface area contributed by atoms with Gasteiger partial charge in [-0.05, 0) is 46.0 Å². The lowest BCUT2D eigenvalue weighted by Crippen LogP contribution is -2.53. The summed E-state index contributed by atoms with van der Waals surface area (Å²) in [4.78, 5) is 22.9. The number of ether oxygens (including phenoxy) is 1. The molecule has 1 fully saturated rings. The first-order valence-corrected chi connectivity index (χ1v) is 10.0. The quantitative estimate of drug-likeness (QED) is 0.590. The van der Waals surface area contributed by atoms with E-state index >= 15 is 0 Å². The summed E-state index contributed by atoms with van der Waals surface area (Å²) >= 11 is 0. The van der Waals surface area contributed by atoms with Crippen molar-refractivity contribution in [3.8, 4) is 0 Å². The Morgan fingerprint density at radius 2 is 1.86 bits per heavy atom. The number of guanidine groups is 1. The van der Waals surface area contributed by atoms with E-state index < -0.39 is 5.60 Å². The van der Waals surface area contributed by atoms with E-state index in [1.165, 1.54) is 0 Å². The number of nitrogens with zero attached hydrogens (tertiary/aromatic N) is 4. The fraction of sp³-hybridized carbons (Fsp3) is 0.700. The third kappa shape index (κ3) is 6.15. The Bertz CT molecular complexity index is 627. The molecule has 2 rings (SSSR count). The highest BCUT2D eigenvalue weighted by atomic mass is 16.6. The SMILES string of the molecule is CCN(CC)C(CN=C(N)N1CCN(C(=O)OC(C)(C)C)CC1)c1ccco1. The molecule has 1 saturated heterocycles. The summed E-state index contributed by atoms with van der Waals surface area (Å²) in [5.41, 5.74) is 5.76. The van der Waals surface area contributed by atoms with Crippen LogP contribution in [0, 0.1) is 0 Å². The number of piperazine rings is 1. The molecule has 1 amide bonds. The van der Waals surface area contributed by atoms with E-state index in [0.29, 0.717) is 38.7 Å². The molecular formula is C20H35N5O3. The molecule has 2 N–H and O–H groups in total. The van der Waals surface area contributed by atoms with Gasteiger partial charge >= 0.3 is 6.09 Å². The van der Waals surface area contributed by atoms with Crippen LogP contribution in [0.4, 0.5) is 4.79 Å². The van der Waals surface area contributed by atoms with Crippen molar-refractivity contribution in [3.63, 3.8) is 0 Å². The first kappa shape index (κ1) is 22.1. The second-order valence-electron chi connectivity index (χ2n) is 7.91. The Balaban J connectivity index is 1.93. The van der Waals surface area contributed by atoms with Crippen molar-refractivity contribution in [1.82, 2.24) is 14.7 Å². The third-order valence-corrected chi connectivity index (χ3v) is 4.81. The fourth-order valence-corrected chi connectivity index (χ4v) is 3.26. The summed E-state index contributed by atoms with van der Waals surface area (Å²) < 4.78 is 11.1. The van der Waals surface area contributed by atoms with E-state index in [1.54, 1.807) is 11.2 Å². The number of furan rings is 1. The maximum atomic E-state index is 12.2.